The van der Waals surface area contributed by atoms with Crippen LogP contribution in [0.4, 0.5) is 0 Å². The maximum atomic E-state index is 5.88. The van der Waals surface area contributed by atoms with Crippen molar-refractivity contribution in [2.24, 2.45) is 0 Å². The van der Waals surface area contributed by atoms with Gasteiger partial charge in [-0.2, -0.15) is 11.8 Å². The van der Waals surface area contributed by atoms with Gasteiger partial charge in [0.25, 0.3) is 0 Å². The van der Waals surface area contributed by atoms with E-state index >= 15 is 0 Å². The fourth-order valence-electron chi connectivity index (χ4n) is 2.30. The lowest BCUT2D eigenvalue weighted by atomic mass is 10.1. The number of halogens is 1. The molecule has 3 nitrogen and oxygen atoms in total. The zero-order valence-electron chi connectivity index (χ0n) is 11.1. The first kappa shape index (κ1) is 14.0. The van der Waals surface area contributed by atoms with Crippen LogP contribution < -0.4 is 5.32 Å². The van der Waals surface area contributed by atoms with Gasteiger partial charge in [0.15, 0.2) is 5.76 Å². The van der Waals surface area contributed by atoms with Crippen molar-refractivity contribution in [3.63, 3.8) is 0 Å². The monoisotopic (exact) mass is 308 g/mol. The van der Waals surface area contributed by atoms with E-state index in [0.717, 1.165) is 28.6 Å². The summed E-state index contributed by atoms with van der Waals surface area (Å²) in [6.07, 6.45) is 2.56. The molecule has 0 saturated carbocycles. The highest BCUT2D eigenvalue weighted by atomic mass is 35.5. The Bertz CT molecular complexity index is 549. The van der Waals surface area contributed by atoms with Crippen LogP contribution in [0.25, 0.3) is 11.3 Å². The van der Waals surface area contributed by atoms with Crippen molar-refractivity contribution >= 4 is 23.4 Å². The molecule has 0 unspecified atom stereocenters. The second-order valence-electron chi connectivity index (χ2n) is 4.98. The van der Waals surface area contributed by atoms with Crippen molar-refractivity contribution in [2.75, 3.05) is 11.5 Å². The molecule has 1 aromatic carbocycles. The fourth-order valence-corrected chi connectivity index (χ4v) is 3.53. The van der Waals surface area contributed by atoms with Crippen molar-refractivity contribution in [3.8, 4) is 11.3 Å². The Labute approximate surface area is 128 Å². The van der Waals surface area contributed by atoms with Crippen LogP contribution in [0, 0.1) is 0 Å². The van der Waals surface area contributed by atoms with Gasteiger partial charge in [-0.25, -0.2) is 0 Å². The van der Waals surface area contributed by atoms with Gasteiger partial charge in [-0.1, -0.05) is 28.9 Å². The van der Waals surface area contributed by atoms with Gasteiger partial charge in [-0.05, 0) is 30.7 Å². The number of nitrogens with one attached hydrogen (secondary N) is 1. The summed E-state index contributed by atoms with van der Waals surface area (Å²) in [5.41, 5.74) is 1.88. The molecular weight excluding hydrogens is 292 g/mol. The van der Waals surface area contributed by atoms with Gasteiger partial charge < -0.3 is 9.84 Å². The molecule has 2 aromatic rings. The van der Waals surface area contributed by atoms with Crippen molar-refractivity contribution in [1.29, 1.82) is 0 Å². The molecule has 1 fully saturated rings. The molecule has 1 aliphatic heterocycles. The third-order valence-corrected chi connectivity index (χ3v) is 4.89. The first-order chi connectivity index (χ1) is 9.81. The fraction of sp³-hybridized carbons (Fsp3) is 0.400. The molecule has 2 heterocycles. The predicted octanol–water partition coefficient (Wildman–Crippen LogP) is 3.98. The van der Waals surface area contributed by atoms with Crippen LogP contribution in [0.2, 0.25) is 5.02 Å². The summed E-state index contributed by atoms with van der Waals surface area (Å²) in [4.78, 5) is 0. The van der Waals surface area contributed by atoms with Crippen LogP contribution in [0.1, 0.15) is 18.6 Å². The van der Waals surface area contributed by atoms with Gasteiger partial charge in [-0.3, -0.25) is 0 Å². The van der Waals surface area contributed by atoms with Crippen LogP contribution in [-0.4, -0.2) is 22.7 Å². The zero-order valence-corrected chi connectivity index (χ0v) is 12.7. The molecule has 0 aliphatic carbocycles. The van der Waals surface area contributed by atoms with E-state index in [9.17, 15) is 0 Å². The molecule has 1 aromatic heterocycles. The SMILES string of the molecule is Clc1ccc(-c2cc(CN[C@@H]3CCCSC3)on2)cc1. The van der Waals surface area contributed by atoms with Crippen molar-refractivity contribution in [2.45, 2.75) is 25.4 Å². The summed E-state index contributed by atoms with van der Waals surface area (Å²) in [5, 5.41) is 8.38. The van der Waals surface area contributed by atoms with Crippen molar-refractivity contribution < 1.29 is 4.52 Å². The molecule has 1 saturated heterocycles. The van der Waals surface area contributed by atoms with E-state index in [1.54, 1.807) is 0 Å². The molecule has 20 heavy (non-hydrogen) atoms. The van der Waals surface area contributed by atoms with Gasteiger partial charge in [0.2, 0.25) is 0 Å². The van der Waals surface area contributed by atoms with E-state index in [-0.39, 0.29) is 0 Å². The number of hydrogen-bond donors (Lipinski definition) is 1. The van der Waals surface area contributed by atoms with Crippen molar-refractivity contribution in [1.82, 2.24) is 10.5 Å². The van der Waals surface area contributed by atoms with Gasteiger partial charge in [0.1, 0.15) is 5.69 Å². The number of hydrogen-bond acceptors (Lipinski definition) is 4. The molecule has 1 aliphatic rings. The standard InChI is InChI=1S/C15H17ClN2OS/c16-12-5-3-11(4-6-12)15-8-14(19-18-15)9-17-13-2-1-7-20-10-13/h3-6,8,13,17H,1-2,7,9-10H2/t13-/m1/s1. The molecule has 106 valence electrons. The molecule has 5 heteroatoms. The minimum absolute atomic E-state index is 0.595. The van der Waals surface area contributed by atoms with Gasteiger partial charge >= 0.3 is 0 Å². The normalized spacial score (nSPS) is 19.1. The second kappa shape index (κ2) is 6.66. The largest absolute Gasteiger partial charge is 0.359 e. The predicted molar refractivity (Wildman–Crippen MR) is 84.1 cm³/mol. The van der Waals surface area contributed by atoms with E-state index in [0.29, 0.717) is 6.04 Å². The molecule has 0 spiro atoms. The number of nitrogens with zero attached hydrogens (tertiary/aromatic N) is 1. The van der Waals surface area contributed by atoms with Gasteiger partial charge in [-0.15, -0.1) is 0 Å². The van der Waals surface area contributed by atoms with E-state index in [2.05, 4.69) is 10.5 Å². The van der Waals surface area contributed by atoms with Crippen molar-refractivity contribution in [3.05, 3.63) is 41.1 Å². The minimum atomic E-state index is 0.595. The Morgan fingerprint density at radius 2 is 2.20 bits per heavy atom. The molecule has 3 rings (SSSR count). The topological polar surface area (TPSA) is 38.1 Å². The maximum Gasteiger partial charge on any atom is 0.151 e. The third-order valence-electron chi connectivity index (χ3n) is 3.42. The number of aromatic nitrogens is 1. The summed E-state index contributed by atoms with van der Waals surface area (Å²) in [5.74, 6) is 3.37. The van der Waals surface area contributed by atoms with Crippen LogP contribution in [0.5, 0.6) is 0 Å². The number of thioether (sulfide) groups is 1. The Hall–Kier alpha value is -0.970. The molecule has 0 bridgehead atoms. The second-order valence-corrected chi connectivity index (χ2v) is 6.57. The Morgan fingerprint density at radius 3 is 2.95 bits per heavy atom. The average Bonchev–Trinajstić information content (AvgIpc) is 2.96. The van der Waals surface area contributed by atoms with Crippen LogP contribution in [0.3, 0.4) is 0 Å². The first-order valence-corrected chi connectivity index (χ1v) is 8.37. The Morgan fingerprint density at radius 1 is 1.35 bits per heavy atom. The highest BCUT2D eigenvalue weighted by molar-refractivity contribution is 7.99. The Balaban J connectivity index is 1.60. The Kier molecular flexibility index (Phi) is 4.65. The minimum Gasteiger partial charge on any atom is -0.359 e. The van der Waals surface area contributed by atoms with Gasteiger partial charge in [0.05, 0.1) is 6.54 Å². The van der Waals surface area contributed by atoms with E-state index in [4.69, 9.17) is 16.1 Å². The molecule has 1 atom stereocenters. The van der Waals surface area contributed by atoms with Crippen LogP contribution in [0.15, 0.2) is 34.9 Å². The number of rotatable bonds is 4. The summed E-state index contributed by atoms with van der Waals surface area (Å²) < 4.78 is 5.39. The average molecular weight is 309 g/mol. The van der Waals surface area contributed by atoms with E-state index < -0.39 is 0 Å². The smallest absolute Gasteiger partial charge is 0.151 e. The van der Waals surface area contributed by atoms with Gasteiger partial charge in [0, 0.05) is 28.4 Å². The molecular formula is C15H17ClN2OS. The highest BCUT2D eigenvalue weighted by Gasteiger charge is 2.14. The lowest BCUT2D eigenvalue weighted by molar-refractivity contribution is 0.363. The van der Waals surface area contributed by atoms with Crippen LogP contribution in [-0.2, 0) is 6.54 Å². The van der Waals surface area contributed by atoms with E-state index in [1.165, 1.54) is 24.3 Å². The summed E-state index contributed by atoms with van der Waals surface area (Å²) in [6, 6.07) is 10.2. The lowest BCUT2D eigenvalue weighted by Crippen LogP contribution is -2.33. The molecule has 0 amide bonds. The summed E-state index contributed by atoms with van der Waals surface area (Å²) >= 11 is 7.90. The maximum absolute atomic E-state index is 5.88. The van der Waals surface area contributed by atoms with E-state index in [1.807, 2.05) is 42.1 Å². The summed E-state index contributed by atoms with van der Waals surface area (Å²) in [6.45, 7) is 0.742. The summed E-state index contributed by atoms with van der Waals surface area (Å²) in [7, 11) is 0. The lowest BCUT2D eigenvalue weighted by Gasteiger charge is -2.21. The third kappa shape index (κ3) is 3.57. The zero-order chi connectivity index (χ0) is 13.8. The number of benzene rings is 1. The highest BCUT2D eigenvalue weighted by Crippen LogP contribution is 2.22. The molecule has 0 radical (unpaired) electrons. The molecule has 1 N–H and O–H groups in total. The van der Waals surface area contributed by atoms with Crippen LogP contribution >= 0.6 is 23.4 Å². The first-order valence-electron chi connectivity index (χ1n) is 6.84. The quantitative estimate of drug-likeness (QED) is 0.927.